The lowest BCUT2D eigenvalue weighted by molar-refractivity contribution is 0.637. The van der Waals surface area contributed by atoms with Gasteiger partial charge in [-0.3, -0.25) is 0 Å². The van der Waals surface area contributed by atoms with Gasteiger partial charge in [-0.05, 0) is 49.1 Å². The Morgan fingerprint density at radius 2 is 2.06 bits per heavy atom. The highest BCUT2D eigenvalue weighted by atomic mass is 32.2. The van der Waals surface area contributed by atoms with Gasteiger partial charge in [0.05, 0.1) is 0 Å². The molecule has 18 heavy (non-hydrogen) atoms. The molecular weight excluding hydrogens is 238 g/mol. The van der Waals surface area contributed by atoms with Crippen molar-refractivity contribution in [1.29, 1.82) is 0 Å². The molecule has 0 bridgehead atoms. The number of hydrogen-bond acceptors (Lipinski definition) is 2. The number of thioether (sulfide) groups is 1. The Labute approximate surface area is 117 Å². The van der Waals surface area contributed by atoms with E-state index >= 15 is 0 Å². The molecule has 0 heterocycles. The monoisotopic (exact) mass is 265 g/mol. The Balaban J connectivity index is 2.50. The maximum absolute atomic E-state index is 3.46. The number of nitrogens with one attached hydrogen (secondary N) is 1. The topological polar surface area (TPSA) is 12.0 Å². The Bertz CT molecular complexity index is 349. The van der Waals surface area contributed by atoms with E-state index in [4.69, 9.17) is 0 Å². The van der Waals surface area contributed by atoms with Crippen LogP contribution in [-0.4, -0.2) is 12.3 Å². The van der Waals surface area contributed by atoms with Crippen LogP contribution in [0, 0.1) is 12.8 Å². The van der Waals surface area contributed by atoms with Crippen molar-refractivity contribution >= 4 is 11.8 Å². The summed E-state index contributed by atoms with van der Waals surface area (Å²) in [5.74, 6) is 2.03. The summed E-state index contributed by atoms with van der Waals surface area (Å²) < 4.78 is 0. The summed E-state index contributed by atoms with van der Waals surface area (Å²) in [6.45, 7) is 11.1. The molecule has 0 saturated carbocycles. The standard InChI is InChI=1S/C16H27NS/c1-5-9-17-11-15-7-8-16(10-14(15)4)18-12-13(3)6-2/h7-8,10,13,17H,5-6,9,11-12H2,1-4H3. The molecule has 0 aliphatic carbocycles. The summed E-state index contributed by atoms with van der Waals surface area (Å²) >= 11 is 1.98. The third-order valence-corrected chi connectivity index (χ3v) is 4.61. The molecule has 1 unspecified atom stereocenters. The van der Waals surface area contributed by atoms with Crippen molar-refractivity contribution in [3.8, 4) is 0 Å². The minimum absolute atomic E-state index is 0.807. The normalized spacial score (nSPS) is 12.7. The highest BCUT2D eigenvalue weighted by molar-refractivity contribution is 7.99. The summed E-state index contributed by atoms with van der Waals surface area (Å²) in [6.07, 6.45) is 2.47. The van der Waals surface area contributed by atoms with Crippen molar-refractivity contribution in [2.24, 2.45) is 5.92 Å². The number of rotatable bonds is 8. The van der Waals surface area contributed by atoms with Crippen molar-refractivity contribution in [2.75, 3.05) is 12.3 Å². The van der Waals surface area contributed by atoms with Gasteiger partial charge in [0.25, 0.3) is 0 Å². The lowest BCUT2D eigenvalue weighted by Crippen LogP contribution is -2.14. The zero-order chi connectivity index (χ0) is 13.4. The second kappa shape index (κ2) is 8.60. The van der Waals surface area contributed by atoms with Gasteiger partial charge in [-0.25, -0.2) is 0 Å². The van der Waals surface area contributed by atoms with Crippen LogP contribution < -0.4 is 5.32 Å². The first-order chi connectivity index (χ1) is 8.67. The molecule has 1 aromatic carbocycles. The van der Waals surface area contributed by atoms with Crippen molar-refractivity contribution < 1.29 is 0 Å². The first-order valence-corrected chi connectivity index (χ1v) is 8.09. The number of benzene rings is 1. The molecule has 0 spiro atoms. The Kier molecular flexibility index (Phi) is 7.45. The molecule has 1 aromatic rings. The van der Waals surface area contributed by atoms with Crippen LogP contribution in [0.15, 0.2) is 23.1 Å². The van der Waals surface area contributed by atoms with Crippen LogP contribution in [0.1, 0.15) is 44.7 Å². The summed E-state index contributed by atoms with van der Waals surface area (Å²) in [6, 6.07) is 6.87. The fourth-order valence-corrected chi connectivity index (χ4v) is 2.85. The van der Waals surface area contributed by atoms with E-state index in [0.717, 1.165) is 19.0 Å². The minimum Gasteiger partial charge on any atom is -0.313 e. The van der Waals surface area contributed by atoms with Crippen LogP contribution in [-0.2, 0) is 6.54 Å². The van der Waals surface area contributed by atoms with E-state index in [2.05, 4.69) is 51.2 Å². The van der Waals surface area contributed by atoms with Crippen molar-refractivity contribution in [2.45, 2.75) is 52.0 Å². The third kappa shape index (κ3) is 5.45. The molecule has 1 nitrogen and oxygen atoms in total. The van der Waals surface area contributed by atoms with Gasteiger partial charge in [-0.15, -0.1) is 11.8 Å². The van der Waals surface area contributed by atoms with Crippen LogP contribution in [0.4, 0.5) is 0 Å². The third-order valence-electron chi connectivity index (χ3n) is 3.29. The van der Waals surface area contributed by atoms with Crippen LogP contribution in [0.25, 0.3) is 0 Å². The lowest BCUT2D eigenvalue weighted by atomic mass is 10.1. The van der Waals surface area contributed by atoms with Crippen LogP contribution in [0.5, 0.6) is 0 Å². The largest absolute Gasteiger partial charge is 0.313 e. The highest BCUT2D eigenvalue weighted by Gasteiger charge is 2.03. The van der Waals surface area contributed by atoms with Crippen LogP contribution in [0.3, 0.4) is 0 Å². The van der Waals surface area contributed by atoms with E-state index in [1.165, 1.54) is 34.6 Å². The van der Waals surface area contributed by atoms with E-state index in [0.29, 0.717) is 0 Å². The Morgan fingerprint density at radius 3 is 2.67 bits per heavy atom. The quantitative estimate of drug-likeness (QED) is 0.543. The first kappa shape index (κ1) is 15.6. The van der Waals surface area contributed by atoms with Gasteiger partial charge in [-0.2, -0.15) is 0 Å². The average Bonchev–Trinajstić information content (AvgIpc) is 2.38. The Morgan fingerprint density at radius 1 is 1.28 bits per heavy atom. The molecule has 1 N–H and O–H groups in total. The van der Waals surface area contributed by atoms with E-state index in [1.54, 1.807) is 0 Å². The van der Waals surface area contributed by atoms with E-state index < -0.39 is 0 Å². The molecule has 0 radical (unpaired) electrons. The molecule has 2 heteroatoms. The summed E-state index contributed by atoms with van der Waals surface area (Å²) in [5.41, 5.74) is 2.84. The fourth-order valence-electron chi connectivity index (χ4n) is 1.71. The molecule has 102 valence electrons. The van der Waals surface area contributed by atoms with E-state index in [9.17, 15) is 0 Å². The Hall–Kier alpha value is -0.470. The fraction of sp³-hybridized carbons (Fsp3) is 0.625. The SMILES string of the molecule is CCCNCc1ccc(SCC(C)CC)cc1C. The molecule has 0 aliphatic heterocycles. The maximum Gasteiger partial charge on any atom is 0.0208 e. The first-order valence-electron chi connectivity index (χ1n) is 7.10. The molecule has 0 fully saturated rings. The van der Waals surface area contributed by atoms with Gasteiger partial charge in [-0.1, -0.05) is 33.3 Å². The molecule has 0 aliphatic rings. The van der Waals surface area contributed by atoms with Gasteiger partial charge in [0.2, 0.25) is 0 Å². The zero-order valence-corrected chi connectivity index (χ0v) is 13.1. The highest BCUT2D eigenvalue weighted by Crippen LogP contribution is 2.24. The van der Waals surface area contributed by atoms with E-state index in [-0.39, 0.29) is 0 Å². The van der Waals surface area contributed by atoms with E-state index in [1.807, 2.05) is 11.8 Å². The van der Waals surface area contributed by atoms with Gasteiger partial charge >= 0.3 is 0 Å². The minimum atomic E-state index is 0.807. The van der Waals surface area contributed by atoms with Crippen molar-refractivity contribution in [1.82, 2.24) is 5.32 Å². The lowest BCUT2D eigenvalue weighted by Gasteiger charge is -2.11. The van der Waals surface area contributed by atoms with Crippen LogP contribution in [0.2, 0.25) is 0 Å². The second-order valence-electron chi connectivity index (χ2n) is 5.09. The van der Waals surface area contributed by atoms with Crippen molar-refractivity contribution in [3.05, 3.63) is 29.3 Å². The summed E-state index contributed by atoms with van der Waals surface area (Å²) in [5, 5.41) is 3.46. The molecule has 1 rings (SSSR count). The second-order valence-corrected chi connectivity index (χ2v) is 6.18. The number of hydrogen-bond donors (Lipinski definition) is 1. The average molecular weight is 265 g/mol. The zero-order valence-electron chi connectivity index (χ0n) is 12.3. The van der Waals surface area contributed by atoms with Gasteiger partial charge in [0.1, 0.15) is 0 Å². The molecule has 0 aromatic heterocycles. The molecular formula is C16H27NS. The predicted molar refractivity (Wildman–Crippen MR) is 83.4 cm³/mol. The molecule has 0 amide bonds. The summed E-state index contributed by atoms with van der Waals surface area (Å²) in [4.78, 5) is 1.41. The maximum atomic E-state index is 3.46. The number of aryl methyl sites for hydroxylation is 1. The van der Waals surface area contributed by atoms with Crippen molar-refractivity contribution in [3.63, 3.8) is 0 Å². The summed E-state index contributed by atoms with van der Waals surface area (Å²) in [7, 11) is 0. The van der Waals surface area contributed by atoms with Gasteiger partial charge in [0.15, 0.2) is 0 Å². The van der Waals surface area contributed by atoms with Crippen LogP contribution >= 0.6 is 11.8 Å². The molecule has 0 saturated heterocycles. The van der Waals surface area contributed by atoms with Gasteiger partial charge < -0.3 is 5.32 Å². The van der Waals surface area contributed by atoms with Gasteiger partial charge in [0, 0.05) is 17.2 Å². The smallest absolute Gasteiger partial charge is 0.0208 e. The molecule has 1 atom stereocenters. The predicted octanol–water partition coefficient (Wildman–Crippen LogP) is 4.63.